The lowest BCUT2D eigenvalue weighted by atomic mass is 9.83. The molecule has 0 radical (unpaired) electrons. The summed E-state index contributed by atoms with van der Waals surface area (Å²) in [5.74, 6) is -0.355. The molecule has 0 atom stereocenters. The fourth-order valence-corrected chi connectivity index (χ4v) is 3.44. The van der Waals surface area contributed by atoms with Crippen molar-refractivity contribution in [1.29, 1.82) is 0 Å². The Bertz CT molecular complexity index is 777. The summed E-state index contributed by atoms with van der Waals surface area (Å²) in [7, 11) is 0. The van der Waals surface area contributed by atoms with Crippen LogP contribution in [0.1, 0.15) is 51.9 Å². The molecule has 29 heavy (non-hydrogen) atoms. The van der Waals surface area contributed by atoms with Crippen LogP contribution in [0.15, 0.2) is 56.5 Å². The number of nitrogens with zero attached hydrogens (tertiary/aromatic N) is 2. The van der Waals surface area contributed by atoms with Gasteiger partial charge in [-0.2, -0.15) is 4.91 Å². The number of carbonyl (C=O) groups is 1. The van der Waals surface area contributed by atoms with Gasteiger partial charge >= 0.3 is 0 Å². The molecule has 0 saturated carbocycles. The molecule has 0 aromatic rings. The van der Waals surface area contributed by atoms with E-state index in [-0.39, 0.29) is 24.8 Å². The summed E-state index contributed by atoms with van der Waals surface area (Å²) in [6, 6.07) is 0. The van der Waals surface area contributed by atoms with Crippen molar-refractivity contribution in [2.24, 2.45) is 15.9 Å². The number of allylic oxidation sites excluding steroid dienone is 6. The molecule has 0 spiro atoms. The highest BCUT2D eigenvalue weighted by molar-refractivity contribution is 6.13. The van der Waals surface area contributed by atoms with Gasteiger partial charge in [0.1, 0.15) is 5.70 Å². The first-order valence-corrected chi connectivity index (χ1v) is 10.1. The fourth-order valence-electron chi connectivity index (χ4n) is 3.44. The van der Waals surface area contributed by atoms with Crippen LogP contribution in [-0.4, -0.2) is 36.4 Å². The largest absolute Gasteiger partial charge is 0.400 e. The first-order valence-electron chi connectivity index (χ1n) is 10.1. The molecule has 0 aromatic carbocycles. The number of carbonyl (C=O) groups excluding carboxylic acids is 1. The van der Waals surface area contributed by atoms with E-state index in [0.29, 0.717) is 50.1 Å². The van der Waals surface area contributed by atoms with Crippen LogP contribution in [0.2, 0.25) is 0 Å². The zero-order valence-corrected chi connectivity index (χ0v) is 17.1. The maximum atomic E-state index is 12.6. The second kappa shape index (κ2) is 11.4. The molecule has 5 N–H and O–H groups in total. The Morgan fingerprint density at radius 3 is 2.79 bits per heavy atom. The Kier molecular flexibility index (Phi) is 8.95. The van der Waals surface area contributed by atoms with Crippen LogP contribution in [0.25, 0.3) is 0 Å². The zero-order valence-electron chi connectivity index (χ0n) is 17.1. The minimum Gasteiger partial charge on any atom is -0.400 e. The van der Waals surface area contributed by atoms with E-state index in [1.165, 1.54) is 0 Å². The maximum absolute atomic E-state index is 12.6. The number of aliphatic hydroxyl groups is 1. The second-order valence-corrected chi connectivity index (χ2v) is 7.24. The van der Waals surface area contributed by atoms with Gasteiger partial charge in [0, 0.05) is 18.8 Å². The van der Waals surface area contributed by atoms with Crippen LogP contribution < -0.4 is 16.6 Å². The number of nitroso groups, excluding NO2 is 1. The molecule has 0 fully saturated rings. The second-order valence-electron chi connectivity index (χ2n) is 7.24. The standard InChI is InChI=1S/C21H31N5O3/c1-14-16(7-5-11-24-29)13-19(15(2)17(14)8-6-12-27)25-20-18(22)9-3-4-10-23-26-21(20)28/h13,23,27H,1,3-12,22H2,2H3,(H,26,28)/b20-18-,25-19?. The molecule has 0 unspecified atom stereocenters. The summed E-state index contributed by atoms with van der Waals surface area (Å²) in [4.78, 5) is 27.7. The topological polar surface area (TPSA) is 129 Å². The third kappa shape index (κ3) is 6.20. The summed E-state index contributed by atoms with van der Waals surface area (Å²) in [5.41, 5.74) is 16.9. The quantitative estimate of drug-likeness (QED) is 0.367. The third-order valence-electron chi connectivity index (χ3n) is 5.13. The van der Waals surface area contributed by atoms with Gasteiger partial charge < -0.3 is 10.8 Å². The molecule has 8 heteroatoms. The summed E-state index contributed by atoms with van der Waals surface area (Å²) in [6.45, 7) is 7.15. The first-order chi connectivity index (χ1) is 14.0. The number of rotatable bonds is 8. The van der Waals surface area contributed by atoms with E-state index in [4.69, 9.17) is 5.73 Å². The molecule has 1 aliphatic carbocycles. The van der Waals surface area contributed by atoms with Gasteiger partial charge in [-0.15, -0.1) is 0 Å². The molecule has 0 bridgehead atoms. The number of nitrogens with one attached hydrogen (secondary N) is 2. The van der Waals surface area contributed by atoms with Gasteiger partial charge in [-0.25, -0.2) is 10.4 Å². The minimum atomic E-state index is -0.355. The molecule has 8 nitrogen and oxygen atoms in total. The van der Waals surface area contributed by atoms with E-state index in [0.717, 1.165) is 35.1 Å². The van der Waals surface area contributed by atoms with E-state index in [2.05, 4.69) is 27.6 Å². The van der Waals surface area contributed by atoms with Crippen molar-refractivity contribution in [3.8, 4) is 0 Å². The van der Waals surface area contributed by atoms with E-state index < -0.39 is 0 Å². The molecule has 1 aliphatic heterocycles. The van der Waals surface area contributed by atoms with E-state index in [9.17, 15) is 14.8 Å². The van der Waals surface area contributed by atoms with Crippen LogP contribution in [-0.2, 0) is 4.79 Å². The predicted molar refractivity (Wildman–Crippen MR) is 115 cm³/mol. The van der Waals surface area contributed by atoms with Crippen molar-refractivity contribution >= 4 is 11.6 Å². The smallest absolute Gasteiger partial charge is 0.285 e. The molecule has 2 rings (SSSR count). The third-order valence-corrected chi connectivity index (χ3v) is 5.13. The summed E-state index contributed by atoms with van der Waals surface area (Å²) >= 11 is 0. The van der Waals surface area contributed by atoms with Crippen molar-refractivity contribution in [2.75, 3.05) is 19.7 Å². The van der Waals surface area contributed by atoms with Crippen molar-refractivity contribution in [3.63, 3.8) is 0 Å². The van der Waals surface area contributed by atoms with Gasteiger partial charge in [0.2, 0.25) is 0 Å². The first kappa shape index (κ1) is 22.7. The highest BCUT2D eigenvalue weighted by Crippen LogP contribution is 2.33. The number of nitrogens with two attached hydrogens (primary N) is 1. The molecule has 158 valence electrons. The Morgan fingerprint density at radius 1 is 1.28 bits per heavy atom. The number of hydrogen-bond donors (Lipinski definition) is 4. The lowest BCUT2D eigenvalue weighted by Gasteiger charge is -2.23. The van der Waals surface area contributed by atoms with Crippen molar-refractivity contribution in [1.82, 2.24) is 10.9 Å². The van der Waals surface area contributed by atoms with Gasteiger partial charge in [0.15, 0.2) is 0 Å². The number of hydrogen-bond acceptors (Lipinski definition) is 7. The average Bonchev–Trinajstić information content (AvgIpc) is 2.77. The highest BCUT2D eigenvalue weighted by atomic mass is 16.3. The van der Waals surface area contributed by atoms with Gasteiger partial charge in [-0.05, 0) is 80.2 Å². The molecular weight excluding hydrogens is 370 g/mol. The Balaban J connectivity index is 2.46. The molecule has 1 amide bonds. The van der Waals surface area contributed by atoms with Gasteiger partial charge in [0.05, 0.1) is 12.3 Å². The van der Waals surface area contributed by atoms with Crippen LogP contribution in [0, 0.1) is 4.91 Å². The molecule has 0 saturated heterocycles. The SMILES string of the molecule is C=C1C(CCCN=O)=CC(=N/C2=C(\N)CCCCNNC2=O)C(C)=C1CCCO. The van der Waals surface area contributed by atoms with Crippen LogP contribution >= 0.6 is 0 Å². The van der Waals surface area contributed by atoms with Gasteiger partial charge in [-0.3, -0.25) is 10.2 Å². The van der Waals surface area contributed by atoms with E-state index in [1.54, 1.807) is 0 Å². The van der Waals surface area contributed by atoms with Crippen LogP contribution in [0.5, 0.6) is 0 Å². The molecule has 2 aliphatic rings. The lowest BCUT2D eigenvalue weighted by molar-refractivity contribution is -0.118. The van der Waals surface area contributed by atoms with Gasteiger partial charge in [0.25, 0.3) is 5.91 Å². The highest BCUT2D eigenvalue weighted by Gasteiger charge is 2.22. The summed E-state index contributed by atoms with van der Waals surface area (Å²) < 4.78 is 0. The zero-order chi connectivity index (χ0) is 21.2. The normalized spacial score (nSPS) is 22.7. The number of hydrazine groups is 1. The van der Waals surface area contributed by atoms with Crippen molar-refractivity contribution < 1.29 is 9.90 Å². The Morgan fingerprint density at radius 2 is 2.07 bits per heavy atom. The number of aliphatic imine (C=N–C) groups is 1. The van der Waals surface area contributed by atoms with Crippen LogP contribution in [0.4, 0.5) is 0 Å². The summed E-state index contributed by atoms with van der Waals surface area (Å²) in [6.07, 6.45) is 6.82. The number of amides is 1. The fraction of sp³-hybridized carbons (Fsp3) is 0.524. The van der Waals surface area contributed by atoms with Crippen LogP contribution in [0.3, 0.4) is 0 Å². The maximum Gasteiger partial charge on any atom is 0.285 e. The monoisotopic (exact) mass is 401 g/mol. The minimum absolute atomic E-state index is 0.0802. The van der Waals surface area contributed by atoms with Crippen molar-refractivity contribution in [2.45, 2.75) is 51.9 Å². The predicted octanol–water partition coefficient (Wildman–Crippen LogP) is 2.53. The molecule has 1 heterocycles. The molecular formula is C21H31N5O3. The summed E-state index contributed by atoms with van der Waals surface area (Å²) in [5, 5.41) is 12.2. The Labute approximate surface area is 171 Å². The average molecular weight is 402 g/mol. The molecule has 0 aromatic heterocycles. The Hall–Kier alpha value is -2.58. The van der Waals surface area contributed by atoms with Crippen molar-refractivity contribution in [3.05, 3.63) is 51.2 Å². The van der Waals surface area contributed by atoms with E-state index in [1.807, 2.05) is 13.0 Å². The number of aliphatic hydroxyl groups excluding tert-OH is 1. The van der Waals surface area contributed by atoms with E-state index >= 15 is 0 Å². The van der Waals surface area contributed by atoms with Gasteiger partial charge in [-0.1, -0.05) is 11.8 Å². The lowest BCUT2D eigenvalue weighted by Crippen LogP contribution is -2.38.